The third kappa shape index (κ3) is 8.51. The number of nitrogens with zero attached hydrogens (tertiary/aromatic N) is 4. The molecule has 0 aliphatic carbocycles. The molecule has 3 aromatic heterocycles. The number of rotatable bonds is 11. The first-order chi connectivity index (χ1) is 37.4. The standard InChI is InChI=1S/C63H52N4O.Pt/c1-6-43(7-2)55-40-61(64-41-56(55)46-32-34-47(35-33-46)63(3,4)5)67-57-29-15-14-26-53(57)54-37-36-50(39-60(54)67)68-49-25-18-24-48(38-49)65-42-66(59-31-17-16-30-58(59)65)62-51(44-20-10-8-11-21-44)27-19-28-52(62)45-22-12-9-13-23-45;/h8-37,40-41,43H,6-7H2,1-5H3;/q-2;/i8D,9D,10D,11D,12D,13D,20D,21D,22D,23D;. The topological polar surface area (TPSA) is 35.9 Å². The number of pyridine rings is 1. The molecule has 8 aromatic carbocycles. The quantitative estimate of drug-likeness (QED) is 0.0956. The fourth-order valence-electron chi connectivity index (χ4n) is 9.32. The maximum Gasteiger partial charge on any atom is 0.268 e. The Morgan fingerprint density at radius 2 is 1.28 bits per heavy atom. The van der Waals surface area contributed by atoms with E-state index in [-0.39, 0.29) is 54.4 Å². The first-order valence-corrected chi connectivity index (χ1v) is 22.9. The molecule has 0 bridgehead atoms. The minimum atomic E-state index is -0.572. The van der Waals surface area contributed by atoms with Crippen LogP contribution in [0.15, 0.2) is 194 Å². The third-order valence-electron chi connectivity index (χ3n) is 12.8. The van der Waals surface area contributed by atoms with Crippen LogP contribution in [0.4, 0.5) is 0 Å². The number of imidazole rings is 1. The molecular formula is C63H52N4OPt-2. The average Bonchev–Trinajstić information content (AvgIpc) is 4.26. The molecule has 0 unspecified atom stereocenters. The van der Waals surface area contributed by atoms with Crippen molar-refractivity contribution in [2.75, 3.05) is 0 Å². The molecular weight excluding hydrogens is 1020 g/mol. The molecule has 3 heterocycles. The molecule has 0 saturated heterocycles. The molecule has 69 heavy (non-hydrogen) atoms. The Hall–Kier alpha value is -7.33. The molecule has 0 spiro atoms. The van der Waals surface area contributed by atoms with Crippen LogP contribution in [0.25, 0.3) is 83.4 Å². The van der Waals surface area contributed by atoms with Gasteiger partial charge >= 0.3 is 0 Å². The van der Waals surface area contributed by atoms with Crippen molar-refractivity contribution in [2.24, 2.45) is 0 Å². The summed E-state index contributed by atoms with van der Waals surface area (Å²) in [6.07, 6.45) is 7.37. The summed E-state index contributed by atoms with van der Waals surface area (Å²) in [5.74, 6) is 1.86. The van der Waals surface area contributed by atoms with Gasteiger partial charge in [0.05, 0.1) is 30.4 Å². The van der Waals surface area contributed by atoms with E-state index in [2.05, 4.69) is 100 Å². The zero-order valence-electron chi connectivity index (χ0n) is 48.7. The molecule has 0 aliphatic rings. The summed E-state index contributed by atoms with van der Waals surface area (Å²) in [6.45, 7) is 11.1. The van der Waals surface area contributed by atoms with E-state index in [1.54, 1.807) is 33.4 Å². The van der Waals surface area contributed by atoms with Crippen molar-refractivity contribution in [1.82, 2.24) is 14.1 Å². The molecule has 0 saturated carbocycles. The number of benzene rings is 8. The third-order valence-corrected chi connectivity index (χ3v) is 12.8. The summed E-state index contributed by atoms with van der Waals surface area (Å²) >= 11 is 0. The number of hydrogen-bond acceptors (Lipinski definition) is 2. The minimum absolute atomic E-state index is 0. The Bertz CT molecular complexity index is 4070. The van der Waals surface area contributed by atoms with E-state index in [9.17, 15) is 0 Å². The summed E-state index contributed by atoms with van der Waals surface area (Å²) in [5.41, 5.74) is 8.36. The van der Waals surface area contributed by atoms with E-state index in [0.29, 0.717) is 34.1 Å². The van der Waals surface area contributed by atoms with Gasteiger partial charge in [0.2, 0.25) is 0 Å². The zero-order chi connectivity index (χ0) is 55.1. The Kier molecular flexibility index (Phi) is 9.60. The van der Waals surface area contributed by atoms with Gasteiger partial charge in [0, 0.05) is 49.8 Å². The van der Waals surface area contributed by atoms with E-state index in [0.717, 1.165) is 51.6 Å². The van der Waals surface area contributed by atoms with Gasteiger partial charge in [-0.05, 0) is 86.3 Å². The SMILES string of the molecule is [2H]c1c([2H])c([2H])c(-c2cccc(-c3c([2H])c([2H])c([2H])c([2H])c3[2H])c2-[n+]2[c-]n(-c3[c-]c(Oc4[c-]c5c(cc4)c4ccccc4n5-c4cc(C(CC)CC)c(-c5ccc(C(C)(C)C)cc5)cn4)ccc3)c3ccccc32)c([2H])c1[2H].[Pt]. The fraction of sp³-hybridized carbons (Fsp3) is 0.143. The van der Waals surface area contributed by atoms with Crippen LogP contribution < -0.4 is 9.30 Å². The maximum atomic E-state index is 9.05. The second kappa shape index (κ2) is 19.0. The molecule has 0 fully saturated rings. The molecule has 5 nitrogen and oxygen atoms in total. The summed E-state index contributed by atoms with van der Waals surface area (Å²) < 4.78 is 99.5. The van der Waals surface area contributed by atoms with Crippen LogP contribution in [0.2, 0.25) is 0 Å². The van der Waals surface area contributed by atoms with Gasteiger partial charge in [-0.3, -0.25) is 4.57 Å². The molecule has 0 amide bonds. The molecule has 11 rings (SSSR count). The van der Waals surface area contributed by atoms with Gasteiger partial charge in [0.15, 0.2) is 0 Å². The van der Waals surface area contributed by atoms with Crippen molar-refractivity contribution < 1.29 is 44.1 Å². The minimum Gasteiger partial charge on any atom is -0.510 e. The van der Waals surface area contributed by atoms with Crippen molar-refractivity contribution in [1.29, 1.82) is 0 Å². The maximum absolute atomic E-state index is 9.05. The predicted molar refractivity (Wildman–Crippen MR) is 278 cm³/mol. The average molecular weight is 1090 g/mol. The Labute approximate surface area is 433 Å². The van der Waals surface area contributed by atoms with Gasteiger partial charge < -0.3 is 13.9 Å². The zero-order valence-corrected chi connectivity index (χ0v) is 41.0. The van der Waals surface area contributed by atoms with Crippen LogP contribution in [-0.2, 0) is 26.5 Å². The molecule has 11 aromatic rings. The van der Waals surface area contributed by atoms with Gasteiger partial charge in [0.25, 0.3) is 6.33 Å². The predicted octanol–water partition coefficient (Wildman–Crippen LogP) is 15.8. The molecule has 0 atom stereocenters. The van der Waals surface area contributed by atoms with E-state index in [1.165, 1.54) is 11.1 Å². The number of aromatic nitrogens is 4. The van der Waals surface area contributed by atoms with E-state index >= 15 is 0 Å². The summed E-state index contributed by atoms with van der Waals surface area (Å²) in [7, 11) is 0. The second-order valence-electron chi connectivity index (χ2n) is 17.9. The number of fused-ring (bicyclic) bond motifs is 4. The normalized spacial score (nSPS) is 13.7. The summed E-state index contributed by atoms with van der Waals surface area (Å²) in [5, 5.41) is 2.02. The number of hydrogen-bond donors (Lipinski definition) is 0. The van der Waals surface area contributed by atoms with Crippen molar-refractivity contribution in [2.45, 2.75) is 58.8 Å². The fourth-order valence-corrected chi connectivity index (χ4v) is 9.32. The van der Waals surface area contributed by atoms with Gasteiger partial charge in [-0.1, -0.05) is 185 Å². The van der Waals surface area contributed by atoms with Gasteiger partial charge in [-0.2, -0.15) is 18.2 Å². The van der Waals surface area contributed by atoms with Crippen LogP contribution in [-0.4, -0.2) is 14.1 Å². The van der Waals surface area contributed by atoms with Crippen LogP contribution in [0.5, 0.6) is 11.5 Å². The molecule has 342 valence electrons. The first kappa shape index (κ1) is 34.9. The van der Waals surface area contributed by atoms with Crippen molar-refractivity contribution in [3.05, 3.63) is 224 Å². The Balaban J connectivity index is 0.00000704. The number of para-hydroxylation sites is 4. The van der Waals surface area contributed by atoms with Gasteiger partial charge in [-0.25, -0.2) is 4.98 Å². The van der Waals surface area contributed by atoms with Crippen LogP contribution in [0.1, 0.15) is 78.2 Å². The largest absolute Gasteiger partial charge is 0.510 e. The molecule has 0 N–H and O–H groups in total. The Morgan fingerprint density at radius 1 is 0.638 bits per heavy atom. The van der Waals surface area contributed by atoms with Crippen molar-refractivity contribution in [3.8, 4) is 62.1 Å². The summed E-state index contributed by atoms with van der Waals surface area (Å²) in [4.78, 5) is 5.17. The Morgan fingerprint density at radius 3 is 1.96 bits per heavy atom. The smallest absolute Gasteiger partial charge is 0.268 e. The molecule has 0 aliphatic heterocycles. The van der Waals surface area contributed by atoms with E-state index in [4.69, 9.17) is 23.4 Å². The summed E-state index contributed by atoms with van der Waals surface area (Å²) in [6, 6.07) is 42.5. The van der Waals surface area contributed by atoms with Crippen LogP contribution in [0.3, 0.4) is 0 Å². The van der Waals surface area contributed by atoms with Crippen LogP contribution in [0, 0.1) is 18.5 Å². The van der Waals surface area contributed by atoms with E-state index < -0.39 is 60.4 Å². The van der Waals surface area contributed by atoms with Gasteiger partial charge in [-0.15, -0.1) is 29.7 Å². The second-order valence-corrected chi connectivity index (χ2v) is 17.9. The van der Waals surface area contributed by atoms with Crippen molar-refractivity contribution in [3.63, 3.8) is 0 Å². The van der Waals surface area contributed by atoms with Crippen LogP contribution >= 0.6 is 0 Å². The van der Waals surface area contributed by atoms with E-state index in [1.807, 2.05) is 66.9 Å². The monoisotopic (exact) mass is 1090 g/mol. The first-order valence-electron chi connectivity index (χ1n) is 27.9. The molecule has 6 heteroatoms. The van der Waals surface area contributed by atoms with Gasteiger partial charge in [0.1, 0.15) is 5.82 Å². The van der Waals surface area contributed by atoms with Crippen molar-refractivity contribution >= 4 is 32.8 Å². The number of ether oxygens (including phenoxy) is 1. The molecule has 0 radical (unpaired) electrons.